The summed E-state index contributed by atoms with van der Waals surface area (Å²) >= 11 is 0. The first-order chi connectivity index (χ1) is 11.1. The van der Waals surface area contributed by atoms with Crippen LogP contribution in [0.15, 0.2) is 54.6 Å². The van der Waals surface area contributed by atoms with Crippen LogP contribution in [0.5, 0.6) is 5.75 Å². The quantitative estimate of drug-likeness (QED) is 0.891. The van der Waals surface area contributed by atoms with Crippen molar-refractivity contribution in [3.8, 4) is 5.75 Å². The molecule has 0 atom stereocenters. The Labute approximate surface area is 135 Å². The van der Waals surface area contributed by atoms with Crippen molar-refractivity contribution in [2.24, 2.45) is 0 Å². The molecule has 2 aromatic carbocycles. The molecule has 2 rings (SSSR count). The van der Waals surface area contributed by atoms with Gasteiger partial charge in [-0.1, -0.05) is 30.3 Å². The molecule has 2 amide bonds. The minimum Gasteiger partial charge on any atom is -0.496 e. The smallest absolute Gasteiger partial charge is 0.255 e. The number of nitrogens with one attached hydrogen (secondary N) is 1. The number of para-hydroxylation sites is 2. The van der Waals surface area contributed by atoms with E-state index in [1.165, 1.54) is 7.11 Å². The van der Waals surface area contributed by atoms with E-state index in [0.717, 1.165) is 5.69 Å². The third kappa shape index (κ3) is 4.32. The molecule has 5 heteroatoms. The van der Waals surface area contributed by atoms with Gasteiger partial charge >= 0.3 is 0 Å². The van der Waals surface area contributed by atoms with E-state index in [1.807, 2.05) is 30.3 Å². The number of benzene rings is 2. The van der Waals surface area contributed by atoms with E-state index < -0.39 is 0 Å². The molecule has 120 valence electrons. The summed E-state index contributed by atoms with van der Waals surface area (Å²) in [6, 6.07) is 16.4. The van der Waals surface area contributed by atoms with Crippen LogP contribution in [-0.4, -0.2) is 32.5 Å². The predicted octanol–water partition coefficient (Wildman–Crippen LogP) is 2.48. The van der Waals surface area contributed by atoms with Crippen molar-refractivity contribution in [2.75, 3.05) is 25.6 Å². The largest absolute Gasteiger partial charge is 0.496 e. The van der Waals surface area contributed by atoms with E-state index in [0.29, 0.717) is 11.3 Å². The zero-order valence-corrected chi connectivity index (χ0v) is 13.3. The Morgan fingerprint density at radius 2 is 1.70 bits per heavy atom. The third-order valence-electron chi connectivity index (χ3n) is 3.49. The zero-order valence-electron chi connectivity index (χ0n) is 13.3. The molecule has 0 radical (unpaired) electrons. The maximum Gasteiger partial charge on any atom is 0.255 e. The van der Waals surface area contributed by atoms with Crippen LogP contribution in [0, 0.1) is 0 Å². The first-order valence-corrected chi connectivity index (χ1v) is 7.36. The average molecular weight is 312 g/mol. The molecule has 0 spiro atoms. The molecule has 0 heterocycles. The number of carbonyl (C=O) groups is 2. The van der Waals surface area contributed by atoms with Gasteiger partial charge in [0.05, 0.1) is 12.7 Å². The third-order valence-corrected chi connectivity index (χ3v) is 3.49. The Balaban J connectivity index is 1.87. The van der Waals surface area contributed by atoms with Gasteiger partial charge in [0.2, 0.25) is 5.91 Å². The van der Waals surface area contributed by atoms with Crippen LogP contribution in [-0.2, 0) is 4.79 Å². The molecule has 0 aliphatic heterocycles. The fourth-order valence-electron chi connectivity index (χ4n) is 2.17. The van der Waals surface area contributed by atoms with Crippen LogP contribution >= 0.6 is 0 Å². The SMILES string of the molecule is COc1ccccc1C(=O)NCCC(=O)N(C)c1ccccc1. The van der Waals surface area contributed by atoms with Crippen molar-refractivity contribution >= 4 is 17.5 Å². The highest BCUT2D eigenvalue weighted by Gasteiger charge is 2.13. The number of hydrogen-bond donors (Lipinski definition) is 1. The van der Waals surface area contributed by atoms with Gasteiger partial charge in [-0.05, 0) is 24.3 Å². The Morgan fingerprint density at radius 3 is 2.39 bits per heavy atom. The molecule has 0 aliphatic rings. The van der Waals surface area contributed by atoms with Gasteiger partial charge in [0.25, 0.3) is 5.91 Å². The van der Waals surface area contributed by atoms with Gasteiger partial charge in [0.1, 0.15) is 5.75 Å². The molecular formula is C18H20N2O3. The van der Waals surface area contributed by atoms with E-state index in [9.17, 15) is 9.59 Å². The molecule has 0 saturated carbocycles. The van der Waals surface area contributed by atoms with Gasteiger partial charge in [0, 0.05) is 25.7 Å². The highest BCUT2D eigenvalue weighted by molar-refractivity contribution is 5.97. The number of ether oxygens (including phenoxy) is 1. The van der Waals surface area contributed by atoms with Crippen LogP contribution in [0.1, 0.15) is 16.8 Å². The summed E-state index contributed by atoms with van der Waals surface area (Å²) in [5.74, 6) is 0.201. The second-order valence-electron chi connectivity index (χ2n) is 4.99. The van der Waals surface area contributed by atoms with Crippen molar-refractivity contribution < 1.29 is 14.3 Å². The van der Waals surface area contributed by atoms with E-state index >= 15 is 0 Å². The summed E-state index contributed by atoms with van der Waals surface area (Å²) in [5.41, 5.74) is 1.28. The fourth-order valence-corrected chi connectivity index (χ4v) is 2.17. The van der Waals surface area contributed by atoms with Crippen LogP contribution in [0.2, 0.25) is 0 Å². The first-order valence-electron chi connectivity index (χ1n) is 7.36. The molecule has 0 aromatic heterocycles. The lowest BCUT2D eigenvalue weighted by Gasteiger charge is -2.17. The van der Waals surface area contributed by atoms with Gasteiger partial charge in [-0.3, -0.25) is 9.59 Å². The van der Waals surface area contributed by atoms with Crippen molar-refractivity contribution in [1.82, 2.24) is 5.32 Å². The number of amides is 2. The van der Waals surface area contributed by atoms with Crippen LogP contribution in [0.25, 0.3) is 0 Å². The number of anilines is 1. The van der Waals surface area contributed by atoms with Gasteiger partial charge < -0.3 is 15.0 Å². The van der Waals surface area contributed by atoms with Gasteiger partial charge in [-0.2, -0.15) is 0 Å². The maximum atomic E-state index is 12.1. The Hall–Kier alpha value is -2.82. The molecule has 0 bridgehead atoms. The molecule has 0 aliphatic carbocycles. The highest BCUT2D eigenvalue weighted by Crippen LogP contribution is 2.17. The Kier molecular flexibility index (Phi) is 5.74. The molecular weight excluding hydrogens is 292 g/mol. The number of hydrogen-bond acceptors (Lipinski definition) is 3. The summed E-state index contributed by atoms with van der Waals surface area (Å²) in [6.45, 7) is 0.271. The summed E-state index contributed by atoms with van der Waals surface area (Å²) in [5, 5.41) is 2.74. The summed E-state index contributed by atoms with van der Waals surface area (Å²) in [4.78, 5) is 25.8. The lowest BCUT2D eigenvalue weighted by Crippen LogP contribution is -2.32. The molecule has 1 N–H and O–H groups in total. The Bertz CT molecular complexity index is 671. The maximum absolute atomic E-state index is 12.1. The molecule has 5 nitrogen and oxygen atoms in total. The summed E-state index contributed by atoms with van der Waals surface area (Å²) in [7, 11) is 3.24. The molecule has 23 heavy (non-hydrogen) atoms. The number of nitrogens with zero attached hydrogens (tertiary/aromatic N) is 1. The number of methoxy groups -OCH3 is 1. The van der Waals surface area contributed by atoms with Crippen LogP contribution < -0.4 is 15.0 Å². The van der Waals surface area contributed by atoms with Gasteiger partial charge in [-0.25, -0.2) is 0 Å². The summed E-state index contributed by atoms with van der Waals surface area (Å²) < 4.78 is 5.15. The normalized spacial score (nSPS) is 10.0. The lowest BCUT2D eigenvalue weighted by atomic mass is 10.2. The Morgan fingerprint density at radius 1 is 1.04 bits per heavy atom. The van der Waals surface area contributed by atoms with Crippen molar-refractivity contribution in [1.29, 1.82) is 0 Å². The summed E-state index contributed by atoms with van der Waals surface area (Å²) in [6.07, 6.45) is 0.228. The van der Waals surface area contributed by atoms with Crippen LogP contribution in [0.4, 0.5) is 5.69 Å². The van der Waals surface area contributed by atoms with Crippen LogP contribution in [0.3, 0.4) is 0 Å². The number of rotatable bonds is 6. The highest BCUT2D eigenvalue weighted by atomic mass is 16.5. The molecule has 0 saturated heterocycles. The second kappa shape index (κ2) is 7.98. The number of carbonyl (C=O) groups excluding carboxylic acids is 2. The molecule has 0 fully saturated rings. The average Bonchev–Trinajstić information content (AvgIpc) is 2.61. The van der Waals surface area contributed by atoms with Gasteiger partial charge in [0.15, 0.2) is 0 Å². The van der Waals surface area contributed by atoms with E-state index in [1.54, 1.807) is 36.2 Å². The van der Waals surface area contributed by atoms with E-state index in [4.69, 9.17) is 4.74 Å². The topological polar surface area (TPSA) is 58.6 Å². The standard InChI is InChI=1S/C18H20N2O3/c1-20(14-8-4-3-5-9-14)17(21)12-13-19-18(22)15-10-6-7-11-16(15)23-2/h3-11H,12-13H2,1-2H3,(H,19,22). The molecule has 2 aromatic rings. The minimum atomic E-state index is -0.252. The van der Waals surface area contributed by atoms with Crippen molar-refractivity contribution in [3.05, 3.63) is 60.2 Å². The molecule has 0 unspecified atom stereocenters. The van der Waals surface area contributed by atoms with Crippen molar-refractivity contribution in [2.45, 2.75) is 6.42 Å². The predicted molar refractivity (Wildman–Crippen MR) is 89.8 cm³/mol. The minimum absolute atomic E-state index is 0.0588. The zero-order chi connectivity index (χ0) is 16.7. The second-order valence-corrected chi connectivity index (χ2v) is 4.99. The first kappa shape index (κ1) is 16.5. The lowest BCUT2D eigenvalue weighted by molar-refractivity contribution is -0.118. The van der Waals surface area contributed by atoms with Crippen molar-refractivity contribution in [3.63, 3.8) is 0 Å². The van der Waals surface area contributed by atoms with Gasteiger partial charge in [-0.15, -0.1) is 0 Å². The fraction of sp³-hybridized carbons (Fsp3) is 0.222. The monoisotopic (exact) mass is 312 g/mol. The van der Waals surface area contributed by atoms with E-state index in [2.05, 4.69) is 5.32 Å². The van der Waals surface area contributed by atoms with E-state index in [-0.39, 0.29) is 24.8 Å².